The summed E-state index contributed by atoms with van der Waals surface area (Å²) in [6.07, 6.45) is 4.78. The van der Waals surface area contributed by atoms with Crippen molar-refractivity contribution in [2.75, 3.05) is 19.7 Å². The molecule has 3 heterocycles. The summed E-state index contributed by atoms with van der Waals surface area (Å²) in [5, 5.41) is 0. The molecule has 3 aliphatic rings. The van der Waals surface area contributed by atoms with Gasteiger partial charge in [-0.15, -0.1) is 0 Å². The van der Waals surface area contributed by atoms with Crippen LogP contribution in [0.4, 0.5) is 0 Å². The molecule has 0 aromatic rings. The molecule has 5 heteroatoms. The molecule has 18 heavy (non-hydrogen) atoms. The Morgan fingerprint density at radius 2 is 2.33 bits per heavy atom. The fourth-order valence-corrected chi connectivity index (χ4v) is 3.19. The molecule has 2 bridgehead atoms. The van der Waals surface area contributed by atoms with Crippen LogP contribution >= 0.6 is 0 Å². The molecule has 0 spiro atoms. The van der Waals surface area contributed by atoms with Crippen LogP contribution in [-0.2, 0) is 19.1 Å². The summed E-state index contributed by atoms with van der Waals surface area (Å²) in [7, 11) is 0. The zero-order valence-corrected chi connectivity index (χ0v) is 10.5. The molecule has 3 rings (SSSR count). The van der Waals surface area contributed by atoms with Gasteiger partial charge in [-0.25, -0.2) is 0 Å². The van der Waals surface area contributed by atoms with Gasteiger partial charge in [-0.2, -0.15) is 0 Å². The van der Waals surface area contributed by atoms with Gasteiger partial charge in [0.05, 0.1) is 24.7 Å². The number of fused-ring (bicyclic) bond motifs is 2. The maximum Gasteiger partial charge on any atom is 0.311 e. The van der Waals surface area contributed by atoms with Gasteiger partial charge in [0, 0.05) is 13.0 Å². The second-order valence-corrected chi connectivity index (χ2v) is 5.37. The summed E-state index contributed by atoms with van der Waals surface area (Å²) in [5.74, 6) is -0.0406. The molecule has 0 saturated carbocycles. The Morgan fingerprint density at radius 3 is 2.94 bits per heavy atom. The van der Waals surface area contributed by atoms with Gasteiger partial charge in [-0.3, -0.25) is 9.59 Å². The van der Waals surface area contributed by atoms with E-state index in [1.807, 2.05) is 0 Å². The molecule has 1 amide bonds. The van der Waals surface area contributed by atoms with Crippen molar-refractivity contribution in [1.29, 1.82) is 0 Å². The second kappa shape index (κ2) is 4.88. The van der Waals surface area contributed by atoms with E-state index in [0.717, 1.165) is 32.2 Å². The van der Waals surface area contributed by atoms with Crippen LogP contribution < -0.4 is 0 Å². The van der Waals surface area contributed by atoms with Gasteiger partial charge >= 0.3 is 5.97 Å². The fraction of sp³-hybridized carbons (Fsp3) is 0.846. The van der Waals surface area contributed by atoms with E-state index < -0.39 is 0 Å². The van der Waals surface area contributed by atoms with Gasteiger partial charge in [-0.05, 0) is 25.7 Å². The Morgan fingerprint density at radius 1 is 1.44 bits per heavy atom. The molecule has 3 fully saturated rings. The molecular weight excluding hydrogens is 234 g/mol. The predicted molar refractivity (Wildman–Crippen MR) is 62.8 cm³/mol. The first-order chi connectivity index (χ1) is 8.74. The summed E-state index contributed by atoms with van der Waals surface area (Å²) < 4.78 is 10.9. The summed E-state index contributed by atoms with van der Waals surface area (Å²) in [6.45, 7) is 1.65. The van der Waals surface area contributed by atoms with Crippen molar-refractivity contribution >= 4 is 11.9 Å². The Kier molecular flexibility index (Phi) is 3.24. The molecule has 0 radical (unpaired) electrons. The lowest BCUT2D eigenvalue weighted by atomic mass is 9.89. The number of amides is 1. The topological polar surface area (TPSA) is 55.8 Å². The Labute approximate surface area is 106 Å². The lowest BCUT2D eigenvalue weighted by Crippen LogP contribution is -2.32. The van der Waals surface area contributed by atoms with E-state index in [2.05, 4.69) is 0 Å². The number of hydrogen-bond donors (Lipinski definition) is 0. The zero-order valence-electron chi connectivity index (χ0n) is 10.5. The molecule has 3 atom stereocenters. The molecule has 100 valence electrons. The first-order valence-electron chi connectivity index (χ1n) is 6.84. The third kappa shape index (κ3) is 2.23. The van der Waals surface area contributed by atoms with Crippen molar-refractivity contribution in [3.05, 3.63) is 0 Å². The first-order valence-corrected chi connectivity index (χ1v) is 6.84. The van der Waals surface area contributed by atoms with Crippen LogP contribution in [0.5, 0.6) is 0 Å². The second-order valence-electron chi connectivity index (χ2n) is 5.37. The summed E-state index contributed by atoms with van der Waals surface area (Å²) in [6, 6.07) is 0. The molecule has 0 aliphatic carbocycles. The van der Waals surface area contributed by atoms with E-state index in [9.17, 15) is 9.59 Å². The standard InChI is InChI=1S/C13H19NO4/c15-12-2-1-5-14(12)6-7-17-13(16)10-8-9-3-4-11(10)18-9/h9-11H,1-8H2. The van der Waals surface area contributed by atoms with Crippen LogP contribution in [-0.4, -0.2) is 48.7 Å². The molecule has 5 nitrogen and oxygen atoms in total. The van der Waals surface area contributed by atoms with Crippen LogP contribution in [0.3, 0.4) is 0 Å². The normalized spacial score (nSPS) is 34.3. The van der Waals surface area contributed by atoms with Crippen molar-refractivity contribution in [3.8, 4) is 0 Å². The van der Waals surface area contributed by atoms with Gasteiger partial charge < -0.3 is 14.4 Å². The van der Waals surface area contributed by atoms with Crippen LogP contribution in [0.25, 0.3) is 0 Å². The van der Waals surface area contributed by atoms with Crippen molar-refractivity contribution in [3.63, 3.8) is 0 Å². The van der Waals surface area contributed by atoms with Crippen LogP contribution in [0.2, 0.25) is 0 Å². The minimum absolute atomic E-state index is 0.0713. The smallest absolute Gasteiger partial charge is 0.311 e. The largest absolute Gasteiger partial charge is 0.464 e. The maximum atomic E-state index is 11.9. The number of carbonyl (C=O) groups excluding carboxylic acids is 2. The molecule has 3 saturated heterocycles. The van der Waals surface area contributed by atoms with E-state index in [-0.39, 0.29) is 30.0 Å². The lowest BCUT2D eigenvalue weighted by molar-refractivity contribution is -0.151. The van der Waals surface area contributed by atoms with Crippen LogP contribution in [0.1, 0.15) is 32.1 Å². The van der Waals surface area contributed by atoms with Gasteiger partial charge in [0.2, 0.25) is 5.91 Å². The molecular formula is C13H19NO4. The Balaban J connectivity index is 1.40. The molecule has 3 aliphatic heterocycles. The summed E-state index contributed by atoms with van der Waals surface area (Å²) in [4.78, 5) is 25.0. The third-order valence-corrected chi connectivity index (χ3v) is 4.19. The maximum absolute atomic E-state index is 11.9. The van der Waals surface area contributed by atoms with Gasteiger partial charge in [0.25, 0.3) is 0 Å². The monoisotopic (exact) mass is 253 g/mol. The number of carbonyl (C=O) groups is 2. The quantitative estimate of drug-likeness (QED) is 0.693. The van der Waals surface area contributed by atoms with E-state index in [4.69, 9.17) is 9.47 Å². The summed E-state index contributed by atoms with van der Waals surface area (Å²) in [5.41, 5.74) is 0. The first kappa shape index (κ1) is 12.0. The van der Waals surface area contributed by atoms with Gasteiger partial charge in [0.15, 0.2) is 0 Å². The van der Waals surface area contributed by atoms with Gasteiger partial charge in [0.1, 0.15) is 6.61 Å². The number of likely N-dealkylation sites (tertiary alicyclic amines) is 1. The van der Waals surface area contributed by atoms with E-state index in [1.54, 1.807) is 4.90 Å². The predicted octanol–water partition coefficient (Wildman–Crippen LogP) is 0.719. The zero-order chi connectivity index (χ0) is 12.5. The van der Waals surface area contributed by atoms with Crippen molar-refractivity contribution in [2.45, 2.75) is 44.3 Å². The number of hydrogen-bond acceptors (Lipinski definition) is 4. The Bertz CT molecular complexity index is 357. The number of rotatable bonds is 4. The average Bonchev–Trinajstić information content (AvgIpc) is 3.06. The molecule has 0 aromatic heterocycles. The number of ether oxygens (including phenoxy) is 2. The molecule has 0 N–H and O–H groups in total. The third-order valence-electron chi connectivity index (χ3n) is 4.19. The highest BCUT2D eigenvalue weighted by Crippen LogP contribution is 2.39. The molecule has 0 aromatic carbocycles. The van der Waals surface area contributed by atoms with Gasteiger partial charge in [-0.1, -0.05) is 0 Å². The highest BCUT2D eigenvalue weighted by atomic mass is 16.5. The Hall–Kier alpha value is -1.10. The molecule has 3 unspecified atom stereocenters. The van der Waals surface area contributed by atoms with Crippen LogP contribution in [0.15, 0.2) is 0 Å². The van der Waals surface area contributed by atoms with Crippen molar-refractivity contribution < 1.29 is 19.1 Å². The SMILES string of the molecule is O=C(OCCN1CCCC1=O)C1CC2CCC1O2. The number of esters is 1. The van der Waals surface area contributed by atoms with E-state index in [1.165, 1.54) is 0 Å². The van der Waals surface area contributed by atoms with E-state index in [0.29, 0.717) is 19.6 Å². The van der Waals surface area contributed by atoms with Crippen molar-refractivity contribution in [1.82, 2.24) is 4.90 Å². The van der Waals surface area contributed by atoms with Crippen molar-refractivity contribution in [2.24, 2.45) is 5.92 Å². The highest BCUT2D eigenvalue weighted by Gasteiger charge is 2.45. The lowest BCUT2D eigenvalue weighted by Gasteiger charge is -2.19. The highest BCUT2D eigenvalue weighted by molar-refractivity contribution is 5.78. The minimum atomic E-state index is -0.145. The average molecular weight is 253 g/mol. The fourth-order valence-electron chi connectivity index (χ4n) is 3.19. The van der Waals surface area contributed by atoms with Crippen LogP contribution in [0, 0.1) is 5.92 Å². The minimum Gasteiger partial charge on any atom is -0.464 e. The number of nitrogens with zero attached hydrogens (tertiary/aromatic N) is 1. The summed E-state index contributed by atoms with van der Waals surface area (Å²) >= 11 is 0. The van der Waals surface area contributed by atoms with E-state index >= 15 is 0 Å².